The average Bonchev–Trinajstić information content (AvgIpc) is 2.99. The van der Waals surface area contributed by atoms with Crippen LogP contribution in [0.5, 0.6) is 0 Å². The van der Waals surface area contributed by atoms with Gasteiger partial charge in [-0.2, -0.15) is 17.7 Å². The maximum atomic E-state index is 12.9. The molecule has 1 aliphatic heterocycles. The summed E-state index contributed by atoms with van der Waals surface area (Å²) in [4.78, 5) is 15.5. The molecule has 0 radical (unpaired) electrons. The normalized spacial score (nSPS) is 16.4. The number of halogens is 3. The number of alkyl halides is 3. The van der Waals surface area contributed by atoms with Crippen LogP contribution in [0, 0.1) is 0 Å². The summed E-state index contributed by atoms with van der Waals surface area (Å²) < 4.78 is 39.5. The van der Waals surface area contributed by atoms with Crippen molar-refractivity contribution in [1.29, 1.82) is 0 Å². The quantitative estimate of drug-likeness (QED) is 0.854. The summed E-state index contributed by atoms with van der Waals surface area (Å²) in [6.45, 7) is 5.16. The van der Waals surface area contributed by atoms with E-state index in [-0.39, 0.29) is 11.6 Å². The number of anilines is 1. The van der Waals surface area contributed by atoms with Crippen molar-refractivity contribution in [3.63, 3.8) is 0 Å². The van der Waals surface area contributed by atoms with Crippen molar-refractivity contribution in [1.82, 2.24) is 30.0 Å². The summed E-state index contributed by atoms with van der Waals surface area (Å²) in [6.07, 6.45) is -4.61. The summed E-state index contributed by atoms with van der Waals surface area (Å²) in [5, 5.41) is 13.4. The molecule has 11 heteroatoms. The summed E-state index contributed by atoms with van der Waals surface area (Å²) in [7, 11) is 0. The summed E-state index contributed by atoms with van der Waals surface area (Å²) in [6, 6.07) is 3.09. The lowest BCUT2D eigenvalue weighted by molar-refractivity contribution is -0.146. The van der Waals surface area contributed by atoms with Crippen LogP contribution in [-0.4, -0.2) is 69.9 Å². The number of nitrogens with zero attached hydrogens (tertiary/aromatic N) is 6. The molecule has 0 saturated carbocycles. The van der Waals surface area contributed by atoms with Crippen LogP contribution in [0.3, 0.4) is 0 Å². The summed E-state index contributed by atoms with van der Waals surface area (Å²) in [5.41, 5.74) is 0.0472. The monoisotopic (exact) mass is 357 g/mol. The summed E-state index contributed by atoms with van der Waals surface area (Å²) in [5.74, 6) is -0.746. The van der Waals surface area contributed by atoms with E-state index in [2.05, 4.69) is 20.6 Å². The SMILES string of the molecule is CCNC(=O)CN1CCN(c2ccc3nnc(C(F)(F)F)n3n2)CC1. The minimum absolute atomic E-state index is 0.0326. The van der Waals surface area contributed by atoms with E-state index in [1.807, 2.05) is 16.7 Å². The number of piperazine rings is 1. The largest absolute Gasteiger partial charge is 0.453 e. The zero-order valence-corrected chi connectivity index (χ0v) is 13.6. The standard InChI is InChI=1S/C14H18F3N7O/c1-2-18-12(25)9-22-5-7-23(8-6-22)11-4-3-10-19-20-13(14(15,16)17)24(10)21-11/h3-4H,2,5-9H2,1H3,(H,18,25). The van der Waals surface area contributed by atoms with Crippen LogP contribution >= 0.6 is 0 Å². The minimum Gasteiger partial charge on any atom is -0.355 e. The Morgan fingerprint density at radius 2 is 1.92 bits per heavy atom. The number of amides is 1. The van der Waals surface area contributed by atoms with Crippen LogP contribution in [0.25, 0.3) is 5.65 Å². The van der Waals surface area contributed by atoms with Gasteiger partial charge in [-0.1, -0.05) is 0 Å². The van der Waals surface area contributed by atoms with E-state index in [1.54, 1.807) is 6.07 Å². The van der Waals surface area contributed by atoms with Crippen LogP contribution in [0.1, 0.15) is 12.7 Å². The molecule has 2 aromatic heterocycles. The fourth-order valence-electron chi connectivity index (χ4n) is 2.72. The molecule has 3 heterocycles. The van der Waals surface area contributed by atoms with E-state index in [0.717, 1.165) is 4.52 Å². The lowest BCUT2D eigenvalue weighted by atomic mass is 10.3. The molecule has 8 nitrogen and oxygen atoms in total. The second kappa shape index (κ2) is 6.82. The number of aromatic nitrogens is 4. The van der Waals surface area contributed by atoms with Gasteiger partial charge < -0.3 is 10.2 Å². The van der Waals surface area contributed by atoms with Crippen LogP contribution in [0.2, 0.25) is 0 Å². The van der Waals surface area contributed by atoms with E-state index in [1.165, 1.54) is 6.07 Å². The summed E-state index contributed by atoms with van der Waals surface area (Å²) >= 11 is 0. The topological polar surface area (TPSA) is 78.7 Å². The number of carbonyl (C=O) groups excluding carboxylic acids is 1. The molecular formula is C14H18F3N7O. The lowest BCUT2D eigenvalue weighted by Crippen LogP contribution is -2.49. The molecule has 0 aromatic carbocycles. The van der Waals surface area contributed by atoms with Crippen LogP contribution < -0.4 is 10.2 Å². The van der Waals surface area contributed by atoms with Crippen molar-refractivity contribution in [2.24, 2.45) is 0 Å². The van der Waals surface area contributed by atoms with Crippen molar-refractivity contribution >= 4 is 17.4 Å². The van der Waals surface area contributed by atoms with Gasteiger partial charge in [-0.3, -0.25) is 9.69 Å². The Morgan fingerprint density at radius 3 is 2.56 bits per heavy atom. The fraction of sp³-hybridized carbons (Fsp3) is 0.571. The van der Waals surface area contributed by atoms with Crippen LogP contribution in [0.15, 0.2) is 12.1 Å². The highest BCUT2D eigenvalue weighted by Crippen LogP contribution is 2.28. The van der Waals surface area contributed by atoms with Crippen LogP contribution in [0.4, 0.5) is 19.0 Å². The zero-order chi connectivity index (χ0) is 18.0. The van der Waals surface area contributed by atoms with Gasteiger partial charge in [0.15, 0.2) is 5.65 Å². The van der Waals surface area contributed by atoms with E-state index in [0.29, 0.717) is 45.1 Å². The Balaban J connectivity index is 1.70. The third-order valence-electron chi connectivity index (χ3n) is 3.94. The number of hydrogen-bond acceptors (Lipinski definition) is 6. The minimum atomic E-state index is -4.61. The van der Waals surface area contributed by atoms with E-state index < -0.39 is 12.0 Å². The van der Waals surface area contributed by atoms with E-state index >= 15 is 0 Å². The molecule has 1 amide bonds. The first-order chi connectivity index (χ1) is 11.9. The Hall–Kier alpha value is -2.43. The van der Waals surface area contributed by atoms with Crippen molar-refractivity contribution in [3.8, 4) is 0 Å². The Bertz CT molecular complexity index is 752. The van der Waals surface area contributed by atoms with Gasteiger partial charge in [0.2, 0.25) is 5.91 Å². The van der Waals surface area contributed by atoms with Gasteiger partial charge in [0, 0.05) is 32.7 Å². The first-order valence-corrected chi connectivity index (χ1v) is 7.92. The molecule has 2 aromatic rings. The first kappa shape index (κ1) is 17.4. The van der Waals surface area contributed by atoms with E-state index in [9.17, 15) is 18.0 Å². The molecule has 1 N–H and O–H groups in total. The van der Waals surface area contributed by atoms with Gasteiger partial charge in [-0.25, -0.2) is 0 Å². The highest BCUT2D eigenvalue weighted by Gasteiger charge is 2.37. The number of hydrogen-bond donors (Lipinski definition) is 1. The molecule has 0 aliphatic carbocycles. The predicted octanol–water partition coefficient (Wildman–Crippen LogP) is 0.401. The van der Waals surface area contributed by atoms with Gasteiger partial charge in [-0.05, 0) is 19.1 Å². The molecule has 25 heavy (non-hydrogen) atoms. The van der Waals surface area contributed by atoms with E-state index in [4.69, 9.17) is 0 Å². The Kier molecular flexibility index (Phi) is 4.75. The van der Waals surface area contributed by atoms with Crippen molar-refractivity contribution < 1.29 is 18.0 Å². The third kappa shape index (κ3) is 3.81. The fourth-order valence-corrected chi connectivity index (χ4v) is 2.72. The molecule has 1 aliphatic rings. The molecule has 3 rings (SSSR count). The maximum absolute atomic E-state index is 12.9. The predicted molar refractivity (Wildman–Crippen MR) is 83.1 cm³/mol. The number of carbonyl (C=O) groups is 1. The van der Waals surface area contributed by atoms with Gasteiger partial charge in [0.25, 0.3) is 5.82 Å². The molecule has 0 atom stereocenters. The molecule has 136 valence electrons. The van der Waals surface area contributed by atoms with Crippen LogP contribution in [-0.2, 0) is 11.0 Å². The van der Waals surface area contributed by atoms with Gasteiger partial charge in [0.05, 0.1) is 6.54 Å². The highest BCUT2D eigenvalue weighted by molar-refractivity contribution is 5.77. The molecular weight excluding hydrogens is 339 g/mol. The number of rotatable bonds is 4. The lowest BCUT2D eigenvalue weighted by Gasteiger charge is -2.34. The smallest absolute Gasteiger partial charge is 0.355 e. The number of likely N-dealkylation sites (N-methyl/N-ethyl adjacent to an activating group) is 1. The third-order valence-corrected chi connectivity index (χ3v) is 3.94. The highest BCUT2D eigenvalue weighted by atomic mass is 19.4. The van der Waals surface area contributed by atoms with Gasteiger partial charge in [0.1, 0.15) is 5.82 Å². The van der Waals surface area contributed by atoms with Crippen molar-refractivity contribution in [3.05, 3.63) is 18.0 Å². The first-order valence-electron chi connectivity index (χ1n) is 7.92. The van der Waals surface area contributed by atoms with Crippen molar-refractivity contribution in [2.45, 2.75) is 13.1 Å². The van der Waals surface area contributed by atoms with Crippen molar-refractivity contribution in [2.75, 3.05) is 44.2 Å². The average molecular weight is 357 g/mol. The van der Waals surface area contributed by atoms with Gasteiger partial charge >= 0.3 is 6.18 Å². The second-order valence-electron chi connectivity index (χ2n) is 5.70. The molecule has 1 saturated heterocycles. The maximum Gasteiger partial charge on any atom is 0.453 e. The van der Waals surface area contributed by atoms with Gasteiger partial charge in [-0.15, -0.1) is 15.3 Å². The number of nitrogens with one attached hydrogen (secondary N) is 1. The zero-order valence-electron chi connectivity index (χ0n) is 13.6. The second-order valence-corrected chi connectivity index (χ2v) is 5.70. The molecule has 0 spiro atoms. The Morgan fingerprint density at radius 1 is 1.20 bits per heavy atom. The molecule has 0 unspecified atom stereocenters. The number of fused-ring (bicyclic) bond motifs is 1. The Labute approximate surface area is 141 Å². The molecule has 1 fully saturated rings. The molecule has 0 bridgehead atoms.